The molecule has 4 aromatic rings. The normalized spacial score (nSPS) is 10.6. The van der Waals surface area contributed by atoms with Gasteiger partial charge >= 0.3 is 0 Å². The molecule has 0 aliphatic rings. The minimum atomic E-state index is -0.362. The van der Waals surface area contributed by atoms with Crippen molar-refractivity contribution in [3.05, 3.63) is 95.3 Å². The zero-order chi connectivity index (χ0) is 19.5. The van der Waals surface area contributed by atoms with Gasteiger partial charge in [-0.3, -0.25) is 4.79 Å². The SMILES string of the molecule is Cc1ccccc1NC(=O)c1nc(-c2ccccc2)n(-c2ccc(Cl)cc2)n1. The van der Waals surface area contributed by atoms with Crippen LogP contribution in [-0.4, -0.2) is 20.7 Å². The predicted octanol–water partition coefficient (Wildman–Crippen LogP) is 5.15. The minimum Gasteiger partial charge on any atom is -0.319 e. The van der Waals surface area contributed by atoms with Crippen molar-refractivity contribution in [1.82, 2.24) is 14.8 Å². The second-order valence-electron chi connectivity index (χ2n) is 6.28. The number of para-hydroxylation sites is 1. The number of benzene rings is 3. The van der Waals surface area contributed by atoms with Gasteiger partial charge in [0, 0.05) is 16.3 Å². The molecule has 28 heavy (non-hydrogen) atoms. The first-order chi connectivity index (χ1) is 13.6. The lowest BCUT2D eigenvalue weighted by Crippen LogP contribution is -2.15. The Morgan fingerprint density at radius 3 is 2.32 bits per heavy atom. The van der Waals surface area contributed by atoms with Crippen molar-refractivity contribution >= 4 is 23.2 Å². The number of rotatable bonds is 4. The van der Waals surface area contributed by atoms with Gasteiger partial charge in [-0.25, -0.2) is 9.67 Å². The van der Waals surface area contributed by atoms with Crippen molar-refractivity contribution in [2.24, 2.45) is 0 Å². The molecule has 1 amide bonds. The number of aryl methyl sites for hydroxylation is 1. The third-order valence-electron chi connectivity index (χ3n) is 4.31. The second-order valence-corrected chi connectivity index (χ2v) is 6.72. The molecule has 0 bridgehead atoms. The Hall–Kier alpha value is -3.44. The van der Waals surface area contributed by atoms with E-state index >= 15 is 0 Å². The fourth-order valence-corrected chi connectivity index (χ4v) is 2.96. The molecule has 0 aliphatic carbocycles. The maximum Gasteiger partial charge on any atom is 0.295 e. The highest BCUT2D eigenvalue weighted by Gasteiger charge is 2.19. The van der Waals surface area contributed by atoms with Crippen molar-refractivity contribution < 1.29 is 4.79 Å². The van der Waals surface area contributed by atoms with E-state index in [1.54, 1.807) is 16.8 Å². The predicted molar refractivity (Wildman–Crippen MR) is 111 cm³/mol. The standard InChI is InChI=1S/C22H17ClN4O/c1-15-7-5-6-10-19(15)24-22(28)20-25-21(16-8-3-2-4-9-16)27(26-20)18-13-11-17(23)12-14-18/h2-14H,1H3,(H,24,28). The van der Waals surface area contributed by atoms with Crippen molar-refractivity contribution in [2.45, 2.75) is 6.92 Å². The van der Waals surface area contributed by atoms with Crippen LogP contribution in [0.25, 0.3) is 17.1 Å². The number of nitrogens with zero attached hydrogens (tertiary/aromatic N) is 3. The molecule has 0 atom stereocenters. The Bertz CT molecular complexity index is 1120. The third kappa shape index (κ3) is 3.66. The number of hydrogen-bond donors (Lipinski definition) is 1. The highest BCUT2D eigenvalue weighted by molar-refractivity contribution is 6.30. The van der Waals surface area contributed by atoms with E-state index in [-0.39, 0.29) is 11.7 Å². The lowest BCUT2D eigenvalue weighted by molar-refractivity contribution is 0.101. The van der Waals surface area contributed by atoms with E-state index in [1.165, 1.54) is 0 Å². The molecule has 5 nitrogen and oxygen atoms in total. The molecule has 4 rings (SSSR count). The van der Waals surface area contributed by atoms with Crippen molar-refractivity contribution in [3.8, 4) is 17.1 Å². The topological polar surface area (TPSA) is 59.8 Å². The van der Waals surface area contributed by atoms with Gasteiger partial charge in [-0.2, -0.15) is 0 Å². The molecule has 0 fully saturated rings. The Kier molecular flexibility index (Phi) is 4.91. The lowest BCUT2D eigenvalue weighted by atomic mass is 10.2. The molecule has 1 aromatic heterocycles. The van der Waals surface area contributed by atoms with Crippen LogP contribution in [0.15, 0.2) is 78.9 Å². The molecule has 6 heteroatoms. The first-order valence-corrected chi connectivity index (χ1v) is 9.15. The maximum absolute atomic E-state index is 12.8. The van der Waals surface area contributed by atoms with Crippen LogP contribution in [-0.2, 0) is 0 Å². The van der Waals surface area contributed by atoms with Crippen molar-refractivity contribution in [1.29, 1.82) is 0 Å². The summed E-state index contributed by atoms with van der Waals surface area (Å²) >= 11 is 6.01. The van der Waals surface area contributed by atoms with Crippen LogP contribution in [0.1, 0.15) is 16.2 Å². The molecule has 0 unspecified atom stereocenters. The molecule has 0 saturated carbocycles. The van der Waals surface area contributed by atoms with Crippen LogP contribution < -0.4 is 5.32 Å². The largest absolute Gasteiger partial charge is 0.319 e. The van der Waals surface area contributed by atoms with E-state index in [0.29, 0.717) is 10.8 Å². The van der Waals surface area contributed by atoms with Crippen LogP contribution >= 0.6 is 11.6 Å². The van der Waals surface area contributed by atoms with Gasteiger partial charge in [0.2, 0.25) is 5.82 Å². The first kappa shape index (κ1) is 17.9. The average Bonchev–Trinajstić information content (AvgIpc) is 3.16. The number of carbonyl (C=O) groups excluding carboxylic acids is 1. The van der Waals surface area contributed by atoms with Gasteiger partial charge in [-0.15, -0.1) is 5.10 Å². The third-order valence-corrected chi connectivity index (χ3v) is 4.56. The van der Waals surface area contributed by atoms with Crippen molar-refractivity contribution in [2.75, 3.05) is 5.32 Å². The van der Waals surface area contributed by atoms with E-state index in [0.717, 1.165) is 22.5 Å². The van der Waals surface area contributed by atoms with Gasteiger partial charge in [-0.1, -0.05) is 60.1 Å². The number of halogens is 1. The Morgan fingerprint density at radius 1 is 0.929 bits per heavy atom. The number of hydrogen-bond acceptors (Lipinski definition) is 3. The minimum absolute atomic E-state index is 0.0945. The van der Waals surface area contributed by atoms with E-state index in [9.17, 15) is 4.79 Å². The molecule has 3 aromatic carbocycles. The smallest absolute Gasteiger partial charge is 0.295 e. The zero-order valence-corrected chi connectivity index (χ0v) is 15.9. The highest BCUT2D eigenvalue weighted by atomic mass is 35.5. The molecule has 0 aliphatic heterocycles. The van der Waals surface area contributed by atoms with Gasteiger partial charge in [0.05, 0.1) is 5.69 Å². The molecule has 138 valence electrons. The van der Waals surface area contributed by atoms with E-state index < -0.39 is 0 Å². The van der Waals surface area contributed by atoms with Gasteiger partial charge in [0.25, 0.3) is 5.91 Å². The maximum atomic E-state index is 12.8. The number of anilines is 1. The number of aromatic nitrogens is 3. The summed E-state index contributed by atoms with van der Waals surface area (Å²) < 4.78 is 1.65. The summed E-state index contributed by atoms with van der Waals surface area (Å²) in [6.45, 7) is 1.94. The summed E-state index contributed by atoms with van der Waals surface area (Å²) in [7, 11) is 0. The highest BCUT2D eigenvalue weighted by Crippen LogP contribution is 2.23. The van der Waals surface area contributed by atoms with Crippen LogP contribution in [0, 0.1) is 6.92 Å². The van der Waals surface area contributed by atoms with Gasteiger partial charge in [0.15, 0.2) is 5.82 Å². The number of carbonyl (C=O) groups is 1. The summed E-state index contributed by atoms with van der Waals surface area (Å²) in [6, 6.07) is 24.4. The molecule has 1 N–H and O–H groups in total. The van der Waals surface area contributed by atoms with Gasteiger partial charge in [0.1, 0.15) is 0 Å². The van der Waals surface area contributed by atoms with Crippen molar-refractivity contribution in [3.63, 3.8) is 0 Å². The van der Waals surface area contributed by atoms with Crippen LogP contribution in [0.2, 0.25) is 5.02 Å². The summed E-state index contributed by atoms with van der Waals surface area (Å²) in [5.74, 6) is 0.314. The molecule has 1 heterocycles. The number of amides is 1. The summed E-state index contributed by atoms with van der Waals surface area (Å²) in [4.78, 5) is 17.3. The molecule has 0 saturated heterocycles. The summed E-state index contributed by atoms with van der Waals surface area (Å²) in [6.07, 6.45) is 0. The fraction of sp³-hybridized carbons (Fsp3) is 0.0455. The van der Waals surface area contributed by atoms with Crippen LogP contribution in [0.3, 0.4) is 0 Å². The van der Waals surface area contributed by atoms with Crippen LogP contribution in [0.4, 0.5) is 5.69 Å². The van der Waals surface area contributed by atoms with Gasteiger partial charge in [-0.05, 0) is 42.8 Å². The summed E-state index contributed by atoms with van der Waals surface area (Å²) in [5.41, 5.74) is 3.33. The molecular weight excluding hydrogens is 372 g/mol. The Labute approximate surface area is 167 Å². The quantitative estimate of drug-likeness (QED) is 0.526. The molecule has 0 spiro atoms. The average molecular weight is 389 g/mol. The van der Waals surface area contributed by atoms with E-state index in [4.69, 9.17) is 11.6 Å². The lowest BCUT2D eigenvalue weighted by Gasteiger charge is -2.06. The fourth-order valence-electron chi connectivity index (χ4n) is 2.84. The van der Waals surface area contributed by atoms with E-state index in [2.05, 4.69) is 15.4 Å². The Balaban J connectivity index is 1.76. The van der Waals surface area contributed by atoms with E-state index in [1.807, 2.05) is 73.7 Å². The first-order valence-electron chi connectivity index (χ1n) is 8.77. The number of nitrogens with one attached hydrogen (secondary N) is 1. The summed E-state index contributed by atoms with van der Waals surface area (Å²) in [5, 5.41) is 7.97. The second kappa shape index (κ2) is 7.66. The zero-order valence-electron chi connectivity index (χ0n) is 15.1. The molecular formula is C22H17ClN4O. The molecule has 0 radical (unpaired) electrons. The monoisotopic (exact) mass is 388 g/mol. The van der Waals surface area contributed by atoms with Crippen LogP contribution in [0.5, 0.6) is 0 Å². The Morgan fingerprint density at radius 2 is 1.61 bits per heavy atom. The van der Waals surface area contributed by atoms with Gasteiger partial charge < -0.3 is 5.32 Å².